The van der Waals surface area contributed by atoms with Gasteiger partial charge in [0.2, 0.25) is 11.8 Å². The van der Waals surface area contributed by atoms with Crippen LogP contribution in [0.1, 0.15) is 87.3 Å². The van der Waals surface area contributed by atoms with Gasteiger partial charge in [0.05, 0.1) is 44.4 Å². The van der Waals surface area contributed by atoms with Gasteiger partial charge in [-0.05, 0) is 96.7 Å². The average molecular weight is 811 g/mol. The van der Waals surface area contributed by atoms with Gasteiger partial charge in [-0.3, -0.25) is 24.5 Å². The number of nitrogens with one attached hydrogen (secondary N) is 2. The number of pyridine rings is 2. The minimum absolute atomic E-state index is 0.0486. The van der Waals surface area contributed by atoms with Crippen molar-refractivity contribution in [3.8, 4) is 28.4 Å². The van der Waals surface area contributed by atoms with E-state index in [-0.39, 0.29) is 56.3 Å². The summed E-state index contributed by atoms with van der Waals surface area (Å²) in [4.78, 5) is 72.6. The number of aromatic nitrogens is 4. The number of nitrogens with zero attached hydrogens (tertiary/aromatic N) is 6. The van der Waals surface area contributed by atoms with Gasteiger partial charge in [-0.15, -0.1) is 0 Å². The lowest BCUT2D eigenvalue weighted by Crippen LogP contribution is -2.44. The van der Waals surface area contributed by atoms with Crippen LogP contribution in [0.25, 0.3) is 22.5 Å². The second-order valence-corrected chi connectivity index (χ2v) is 16.3. The first-order chi connectivity index (χ1) is 27.8. The minimum atomic E-state index is -0.727. The van der Waals surface area contributed by atoms with Crippen molar-refractivity contribution in [3.63, 3.8) is 0 Å². The Hall–Kier alpha value is -6.16. The molecule has 0 unspecified atom stereocenters. The molecular weight excluding hydrogens is 757 g/mol. The molecule has 4 amide bonds. The number of benzene rings is 1. The highest BCUT2D eigenvalue weighted by molar-refractivity contribution is 6.03. The third-order valence-electron chi connectivity index (χ3n) is 9.29. The lowest BCUT2D eigenvalue weighted by molar-refractivity contribution is -0.119. The second-order valence-electron chi connectivity index (χ2n) is 16.3. The Morgan fingerprint density at radius 1 is 0.881 bits per heavy atom. The van der Waals surface area contributed by atoms with E-state index >= 15 is 0 Å². The first-order valence-corrected chi connectivity index (χ1v) is 19.4. The molecule has 1 aromatic carbocycles. The van der Waals surface area contributed by atoms with Gasteiger partial charge in [0.1, 0.15) is 22.6 Å². The highest BCUT2D eigenvalue weighted by atomic mass is 16.6. The zero-order valence-electron chi connectivity index (χ0n) is 35.2. The van der Waals surface area contributed by atoms with Gasteiger partial charge in [-0.1, -0.05) is 18.2 Å². The number of rotatable bonds is 13. The molecule has 0 bridgehead atoms. The van der Waals surface area contributed by atoms with E-state index in [9.17, 15) is 24.3 Å². The Morgan fingerprint density at radius 2 is 1.59 bits per heavy atom. The first kappa shape index (κ1) is 44.0. The van der Waals surface area contributed by atoms with Crippen LogP contribution in [0.5, 0.6) is 5.88 Å². The molecule has 1 fully saturated rings. The first-order valence-electron chi connectivity index (χ1n) is 19.4. The van der Waals surface area contributed by atoms with Crippen LogP contribution >= 0.6 is 0 Å². The smallest absolute Gasteiger partial charge is 0.410 e. The monoisotopic (exact) mass is 810 g/mol. The summed E-state index contributed by atoms with van der Waals surface area (Å²) in [6.45, 7) is 14.8. The van der Waals surface area contributed by atoms with E-state index in [1.807, 2.05) is 32.0 Å². The standard InChI is InChI=1S/C43H54N8O8/c1-26-31(11-10-12-32(26)48-38(54)33-15-13-28(21-45-33)23-50(19-20-52)40(55)58-42(3,4)5)37-27(2)30(17-18-44-37)34-22-46-35(39(49-34)57-9)25-51(41(56)59-43(6,7)8)24-29-14-16-36(53)47-29/h10-13,15,17-18,21-22,29,52H,14,16,19-20,23-25H2,1-9H3,(H,47,53)(H,48,54)/t29-/m0/s1. The number of carbonyl (C=O) groups is 4. The van der Waals surface area contributed by atoms with E-state index < -0.39 is 29.3 Å². The normalized spacial score (nSPS) is 14.0. The van der Waals surface area contributed by atoms with E-state index in [2.05, 4.69) is 20.6 Å². The summed E-state index contributed by atoms with van der Waals surface area (Å²) in [5.74, 6) is -0.242. The van der Waals surface area contributed by atoms with Gasteiger partial charge in [-0.2, -0.15) is 0 Å². The summed E-state index contributed by atoms with van der Waals surface area (Å²) < 4.78 is 16.8. The average Bonchev–Trinajstić information content (AvgIpc) is 3.58. The van der Waals surface area contributed by atoms with E-state index in [1.54, 1.807) is 72.1 Å². The SMILES string of the molecule is COc1nc(-c2ccnc(-c3cccc(NC(=O)c4ccc(CN(CCO)C(=O)OC(C)(C)C)cn4)c3C)c2C)cnc1CN(C[C@@H]1CCC(=O)N1)C(=O)OC(C)(C)C. The van der Waals surface area contributed by atoms with Crippen LogP contribution in [0, 0.1) is 13.8 Å². The fourth-order valence-corrected chi connectivity index (χ4v) is 6.44. The molecule has 0 saturated carbocycles. The van der Waals surface area contributed by atoms with Crippen LogP contribution < -0.4 is 15.4 Å². The van der Waals surface area contributed by atoms with Crippen LogP contribution in [-0.4, -0.2) is 103 Å². The van der Waals surface area contributed by atoms with Crippen molar-refractivity contribution in [2.45, 2.75) is 98.6 Å². The summed E-state index contributed by atoms with van der Waals surface area (Å²) in [5.41, 5.74) is 4.76. The van der Waals surface area contributed by atoms with E-state index in [4.69, 9.17) is 24.2 Å². The number of aliphatic hydroxyl groups is 1. The molecular formula is C43H54N8O8. The predicted octanol–water partition coefficient (Wildman–Crippen LogP) is 6.22. The molecule has 1 atom stereocenters. The number of carbonyl (C=O) groups excluding carboxylic acids is 4. The fourth-order valence-electron chi connectivity index (χ4n) is 6.44. The highest BCUT2D eigenvalue weighted by Crippen LogP contribution is 2.34. The fraction of sp³-hybridized carbons (Fsp3) is 0.442. The molecule has 3 N–H and O–H groups in total. The van der Waals surface area contributed by atoms with E-state index in [0.717, 1.165) is 22.3 Å². The quantitative estimate of drug-likeness (QED) is 0.138. The number of hydrogen-bond acceptors (Lipinski definition) is 12. The summed E-state index contributed by atoms with van der Waals surface area (Å²) in [5, 5.41) is 15.4. The van der Waals surface area contributed by atoms with Crippen molar-refractivity contribution in [2.24, 2.45) is 0 Å². The van der Waals surface area contributed by atoms with Crippen LogP contribution in [0.15, 0.2) is 55.0 Å². The van der Waals surface area contributed by atoms with Crippen molar-refractivity contribution in [1.82, 2.24) is 35.1 Å². The predicted molar refractivity (Wildman–Crippen MR) is 220 cm³/mol. The van der Waals surface area contributed by atoms with Crippen molar-refractivity contribution in [2.75, 3.05) is 32.1 Å². The zero-order chi connectivity index (χ0) is 43.1. The van der Waals surface area contributed by atoms with E-state index in [0.29, 0.717) is 41.2 Å². The summed E-state index contributed by atoms with van der Waals surface area (Å²) in [6.07, 6.45) is 4.73. The Balaban J connectivity index is 1.34. The summed E-state index contributed by atoms with van der Waals surface area (Å²) in [7, 11) is 1.49. The van der Waals surface area contributed by atoms with Gasteiger partial charge in [0.15, 0.2) is 0 Å². The molecule has 314 valence electrons. The third-order valence-corrected chi connectivity index (χ3v) is 9.29. The molecule has 3 aromatic heterocycles. The second kappa shape index (κ2) is 18.6. The molecule has 0 radical (unpaired) electrons. The lowest BCUT2D eigenvalue weighted by atomic mass is 9.96. The maximum Gasteiger partial charge on any atom is 0.410 e. The molecule has 4 heterocycles. The lowest BCUT2D eigenvalue weighted by Gasteiger charge is -2.29. The number of aliphatic hydroxyl groups excluding tert-OH is 1. The summed E-state index contributed by atoms with van der Waals surface area (Å²) in [6, 6.07) is 10.5. The van der Waals surface area contributed by atoms with Crippen molar-refractivity contribution < 1.29 is 38.5 Å². The van der Waals surface area contributed by atoms with Crippen LogP contribution in [-0.2, 0) is 27.4 Å². The van der Waals surface area contributed by atoms with Gasteiger partial charge in [0.25, 0.3) is 5.91 Å². The molecule has 16 nitrogen and oxygen atoms in total. The zero-order valence-corrected chi connectivity index (χ0v) is 35.2. The van der Waals surface area contributed by atoms with Crippen molar-refractivity contribution in [3.05, 3.63) is 83.1 Å². The Kier molecular flexibility index (Phi) is 13.9. The summed E-state index contributed by atoms with van der Waals surface area (Å²) >= 11 is 0. The maximum absolute atomic E-state index is 13.4. The molecule has 16 heteroatoms. The highest BCUT2D eigenvalue weighted by Gasteiger charge is 2.30. The molecule has 0 aliphatic carbocycles. The minimum Gasteiger partial charge on any atom is -0.480 e. The van der Waals surface area contributed by atoms with Crippen LogP contribution in [0.4, 0.5) is 15.3 Å². The number of ether oxygens (including phenoxy) is 3. The maximum atomic E-state index is 13.4. The number of anilines is 1. The van der Waals surface area contributed by atoms with Gasteiger partial charge in [-0.25, -0.2) is 14.6 Å². The Bertz CT molecular complexity index is 2160. The van der Waals surface area contributed by atoms with Gasteiger partial charge >= 0.3 is 12.2 Å². The third kappa shape index (κ3) is 11.7. The molecule has 1 aliphatic heterocycles. The Labute approximate surface area is 344 Å². The molecule has 5 rings (SSSR count). The Morgan fingerprint density at radius 3 is 2.20 bits per heavy atom. The van der Waals surface area contributed by atoms with Crippen molar-refractivity contribution in [1.29, 1.82) is 0 Å². The van der Waals surface area contributed by atoms with Gasteiger partial charge < -0.3 is 39.8 Å². The topological polar surface area (TPSA) is 198 Å². The molecule has 0 spiro atoms. The largest absolute Gasteiger partial charge is 0.480 e. The number of hydrogen-bond donors (Lipinski definition) is 3. The number of methoxy groups -OCH3 is 1. The van der Waals surface area contributed by atoms with Crippen LogP contribution in [0.2, 0.25) is 0 Å². The molecule has 1 aliphatic rings. The van der Waals surface area contributed by atoms with E-state index in [1.165, 1.54) is 23.1 Å². The molecule has 1 saturated heterocycles. The number of amides is 4. The van der Waals surface area contributed by atoms with Crippen LogP contribution in [0.3, 0.4) is 0 Å². The molecule has 59 heavy (non-hydrogen) atoms. The molecule has 4 aromatic rings. The van der Waals surface area contributed by atoms with Gasteiger partial charge in [0, 0.05) is 54.8 Å². The van der Waals surface area contributed by atoms with Crippen molar-refractivity contribution >= 4 is 29.7 Å².